The SMILES string of the molecule is NCc1cccc(C2(F)CCC2)c1. The summed E-state index contributed by atoms with van der Waals surface area (Å²) in [7, 11) is 0. The van der Waals surface area contributed by atoms with Gasteiger partial charge in [0.25, 0.3) is 0 Å². The summed E-state index contributed by atoms with van der Waals surface area (Å²) in [4.78, 5) is 0. The van der Waals surface area contributed by atoms with Gasteiger partial charge in [0.05, 0.1) is 0 Å². The van der Waals surface area contributed by atoms with Gasteiger partial charge in [-0.1, -0.05) is 24.3 Å². The normalized spacial score (nSPS) is 19.5. The summed E-state index contributed by atoms with van der Waals surface area (Å²) in [6, 6.07) is 7.57. The smallest absolute Gasteiger partial charge is 0.136 e. The minimum atomic E-state index is -1.05. The predicted octanol–water partition coefficient (Wildman–Crippen LogP) is 2.49. The average Bonchev–Trinajstić information content (AvgIpc) is 2.14. The molecule has 0 spiro atoms. The van der Waals surface area contributed by atoms with Crippen LogP contribution in [0.15, 0.2) is 24.3 Å². The highest BCUT2D eigenvalue weighted by Crippen LogP contribution is 2.44. The summed E-state index contributed by atoms with van der Waals surface area (Å²) in [5.74, 6) is 0. The third-order valence-electron chi connectivity index (χ3n) is 2.83. The Hall–Kier alpha value is -0.890. The van der Waals surface area contributed by atoms with Crippen LogP contribution in [0.5, 0.6) is 0 Å². The molecule has 0 bridgehead atoms. The van der Waals surface area contributed by atoms with Gasteiger partial charge < -0.3 is 5.73 Å². The van der Waals surface area contributed by atoms with E-state index >= 15 is 0 Å². The summed E-state index contributed by atoms with van der Waals surface area (Å²) in [5, 5.41) is 0. The molecule has 1 aromatic rings. The fourth-order valence-corrected chi connectivity index (χ4v) is 1.75. The van der Waals surface area contributed by atoms with Crippen LogP contribution in [0, 0.1) is 0 Å². The fraction of sp³-hybridized carbons (Fsp3) is 0.455. The van der Waals surface area contributed by atoms with Crippen molar-refractivity contribution < 1.29 is 4.39 Å². The van der Waals surface area contributed by atoms with Crippen LogP contribution < -0.4 is 5.73 Å². The van der Waals surface area contributed by atoms with Gasteiger partial charge in [-0.2, -0.15) is 0 Å². The zero-order chi connectivity index (χ0) is 9.31. The molecular weight excluding hydrogens is 165 g/mol. The molecule has 0 atom stereocenters. The average molecular weight is 179 g/mol. The molecule has 1 aliphatic carbocycles. The highest BCUT2D eigenvalue weighted by Gasteiger charge is 2.38. The Labute approximate surface area is 77.8 Å². The van der Waals surface area contributed by atoms with Crippen LogP contribution in [0.2, 0.25) is 0 Å². The molecule has 1 saturated carbocycles. The standard InChI is InChI=1S/C11H14FN/c12-11(5-2-6-11)10-4-1-3-9(7-10)8-13/h1,3-4,7H,2,5-6,8,13H2. The molecule has 0 aromatic heterocycles. The van der Waals surface area contributed by atoms with E-state index in [0.29, 0.717) is 19.4 Å². The van der Waals surface area contributed by atoms with Crippen molar-refractivity contribution in [2.45, 2.75) is 31.5 Å². The van der Waals surface area contributed by atoms with Gasteiger partial charge in [0.15, 0.2) is 0 Å². The number of benzene rings is 1. The lowest BCUT2D eigenvalue weighted by atomic mass is 9.76. The zero-order valence-corrected chi connectivity index (χ0v) is 7.59. The largest absolute Gasteiger partial charge is 0.326 e. The number of halogens is 1. The second-order valence-corrected chi connectivity index (χ2v) is 3.72. The Morgan fingerprint density at radius 2 is 2.15 bits per heavy atom. The molecule has 0 saturated heterocycles. The highest BCUT2D eigenvalue weighted by atomic mass is 19.1. The third kappa shape index (κ3) is 1.46. The van der Waals surface area contributed by atoms with Crippen molar-refractivity contribution in [1.29, 1.82) is 0 Å². The van der Waals surface area contributed by atoms with Crippen LogP contribution in [-0.4, -0.2) is 0 Å². The molecule has 0 aliphatic heterocycles. The van der Waals surface area contributed by atoms with Gasteiger partial charge in [0.2, 0.25) is 0 Å². The molecule has 1 fully saturated rings. The van der Waals surface area contributed by atoms with Crippen LogP contribution in [0.4, 0.5) is 4.39 Å². The van der Waals surface area contributed by atoms with E-state index in [2.05, 4.69) is 0 Å². The van der Waals surface area contributed by atoms with E-state index in [-0.39, 0.29) is 0 Å². The summed E-state index contributed by atoms with van der Waals surface area (Å²) in [6.07, 6.45) is 2.34. The molecule has 13 heavy (non-hydrogen) atoms. The summed E-state index contributed by atoms with van der Waals surface area (Å²) in [6.45, 7) is 0.490. The van der Waals surface area contributed by atoms with Gasteiger partial charge in [-0.3, -0.25) is 0 Å². The molecule has 0 radical (unpaired) electrons. The van der Waals surface area contributed by atoms with E-state index in [4.69, 9.17) is 5.73 Å². The lowest BCUT2D eigenvalue weighted by molar-refractivity contribution is 0.0608. The highest BCUT2D eigenvalue weighted by molar-refractivity contribution is 5.29. The molecule has 70 valence electrons. The van der Waals surface area contributed by atoms with Crippen molar-refractivity contribution >= 4 is 0 Å². The van der Waals surface area contributed by atoms with Crippen molar-refractivity contribution in [3.63, 3.8) is 0 Å². The van der Waals surface area contributed by atoms with Gasteiger partial charge in [-0.05, 0) is 30.4 Å². The Morgan fingerprint density at radius 1 is 1.38 bits per heavy atom. The van der Waals surface area contributed by atoms with Crippen LogP contribution in [-0.2, 0) is 12.2 Å². The minimum Gasteiger partial charge on any atom is -0.326 e. The summed E-state index contributed by atoms with van der Waals surface area (Å²) >= 11 is 0. The summed E-state index contributed by atoms with van der Waals surface area (Å²) in [5.41, 5.74) is 6.27. The first-order valence-electron chi connectivity index (χ1n) is 4.73. The lowest BCUT2D eigenvalue weighted by Gasteiger charge is -2.34. The molecule has 1 nitrogen and oxygen atoms in total. The molecular formula is C11H14FN. The Kier molecular flexibility index (Phi) is 2.08. The van der Waals surface area contributed by atoms with Gasteiger partial charge in [-0.15, -0.1) is 0 Å². The van der Waals surface area contributed by atoms with E-state index < -0.39 is 5.67 Å². The van der Waals surface area contributed by atoms with E-state index in [0.717, 1.165) is 17.5 Å². The van der Waals surface area contributed by atoms with Crippen molar-refractivity contribution in [1.82, 2.24) is 0 Å². The maximum absolute atomic E-state index is 13.9. The quantitative estimate of drug-likeness (QED) is 0.741. The molecule has 0 heterocycles. The Morgan fingerprint density at radius 3 is 2.69 bits per heavy atom. The summed E-state index contributed by atoms with van der Waals surface area (Å²) < 4.78 is 13.9. The van der Waals surface area contributed by atoms with E-state index in [1.807, 2.05) is 24.3 Å². The molecule has 1 aromatic carbocycles. The third-order valence-corrected chi connectivity index (χ3v) is 2.83. The van der Waals surface area contributed by atoms with E-state index in [9.17, 15) is 4.39 Å². The van der Waals surface area contributed by atoms with Gasteiger partial charge in [0.1, 0.15) is 5.67 Å². The van der Waals surface area contributed by atoms with Crippen molar-refractivity contribution in [2.75, 3.05) is 0 Å². The number of hydrogen-bond acceptors (Lipinski definition) is 1. The topological polar surface area (TPSA) is 26.0 Å². The second-order valence-electron chi connectivity index (χ2n) is 3.72. The van der Waals surface area contributed by atoms with Crippen LogP contribution in [0.3, 0.4) is 0 Å². The van der Waals surface area contributed by atoms with Crippen LogP contribution in [0.25, 0.3) is 0 Å². The Bertz CT molecular complexity index is 305. The fourth-order valence-electron chi connectivity index (χ4n) is 1.75. The maximum atomic E-state index is 13.9. The maximum Gasteiger partial charge on any atom is 0.136 e. The second kappa shape index (κ2) is 3.11. The molecule has 2 rings (SSSR count). The molecule has 1 aliphatic rings. The lowest BCUT2D eigenvalue weighted by Crippen LogP contribution is -2.28. The van der Waals surface area contributed by atoms with Crippen molar-refractivity contribution in [3.05, 3.63) is 35.4 Å². The van der Waals surface area contributed by atoms with Crippen LogP contribution >= 0.6 is 0 Å². The molecule has 2 heteroatoms. The van der Waals surface area contributed by atoms with Gasteiger partial charge >= 0.3 is 0 Å². The predicted molar refractivity (Wildman–Crippen MR) is 51.0 cm³/mol. The van der Waals surface area contributed by atoms with E-state index in [1.54, 1.807) is 0 Å². The number of rotatable bonds is 2. The molecule has 0 unspecified atom stereocenters. The molecule has 0 amide bonds. The Balaban J connectivity index is 2.29. The first-order valence-corrected chi connectivity index (χ1v) is 4.73. The van der Waals surface area contributed by atoms with E-state index in [1.165, 1.54) is 0 Å². The number of nitrogens with two attached hydrogens (primary N) is 1. The number of hydrogen-bond donors (Lipinski definition) is 1. The van der Waals surface area contributed by atoms with Gasteiger partial charge in [0, 0.05) is 6.54 Å². The zero-order valence-electron chi connectivity index (χ0n) is 7.59. The first kappa shape index (κ1) is 8.70. The number of alkyl halides is 1. The first-order chi connectivity index (χ1) is 6.24. The van der Waals surface area contributed by atoms with Crippen molar-refractivity contribution in [2.24, 2.45) is 5.73 Å². The minimum absolute atomic E-state index is 0.490. The molecule has 2 N–H and O–H groups in total. The van der Waals surface area contributed by atoms with Gasteiger partial charge in [-0.25, -0.2) is 4.39 Å². The monoisotopic (exact) mass is 179 g/mol. The van der Waals surface area contributed by atoms with Crippen molar-refractivity contribution in [3.8, 4) is 0 Å². The van der Waals surface area contributed by atoms with Crippen LogP contribution in [0.1, 0.15) is 30.4 Å².